The summed E-state index contributed by atoms with van der Waals surface area (Å²) in [5, 5.41) is 6.27. The fraction of sp³-hybridized carbons (Fsp3) is 0.0476. The zero-order valence-electron chi connectivity index (χ0n) is 14.9. The molecule has 0 fully saturated rings. The molecule has 142 valence electrons. The molecule has 0 aliphatic rings. The molecule has 0 saturated heterocycles. The van der Waals surface area contributed by atoms with Crippen LogP contribution in [0.1, 0.15) is 26.3 Å². The molecule has 0 aromatic heterocycles. The molecule has 2 amide bonds. The summed E-state index contributed by atoms with van der Waals surface area (Å²) < 4.78 is 0. The number of amides is 2. The Morgan fingerprint density at radius 1 is 0.750 bits per heavy atom. The van der Waals surface area contributed by atoms with Gasteiger partial charge in [-0.2, -0.15) is 0 Å². The van der Waals surface area contributed by atoms with E-state index in [2.05, 4.69) is 10.6 Å². The van der Waals surface area contributed by atoms with Crippen LogP contribution in [0.15, 0.2) is 60.7 Å². The summed E-state index contributed by atoms with van der Waals surface area (Å²) in [5.41, 5.74) is 8.92. The Hall–Kier alpha value is -3.02. The first-order valence-electron chi connectivity index (χ1n) is 8.37. The second kappa shape index (κ2) is 8.33. The third-order valence-corrected chi connectivity index (χ3v) is 4.65. The van der Waals surface area contributed by atoms with E-state index >= 15 is 0 Å². The van der Waals surface area contributed by atoms with Crippen molar-refractivity contribution in [1.82, 2.24) is 0 Å². The molecule has 5 nitrogen and oxygen atoms in total. The lowest BCUT2D eigenvalue weighted by atomic mass is 10.1. The summed E-state index contributed by atoms with van der Waals surface area (Å²) in [5.74, 6) is -0.667. The average molecular weight is 414 g/mol. The molecule has 0 saturated carbocycles. The maximum absolute atomic E-state index is 12.4. The Balaban J connectivity index is 1.70. The van der Waals surface area contributed by atoms with Crippen LogP contribution in [0.25, 0.3) is 0 Å². The van der Waals surface area contributed by atoms with E-state index in [4.69, 9.17) is 28.9 Å². The number of nitrogens with two attached hydrogens (primary N) is 1. The van der Waals surface area contributed by atoms with Gasteiger partial charge in [-0.05, 0) is 67.1 Å². The predicted octanol–water partition coefficient (Wildman–Crippen LogP) is 5.39. The van der Waals surface area contributed by atoms with Crippen molar-refractivity contribution in [3.05, 3.63) is 87.4 Å². The summed E-state index contributed by atoms with van der Waals surface area (Å²) >= 11 is 12.2. The van der Waals surface area contributed by atoms with Crippen LogP contribution < -0.4 is 16.4 Å². The second-order valence-corrected chi connectivity index (χ2v) is 7.02. The minimum atomic E-state index is -0.347. The van der Waals surface area contributed by atoms with Crippen molar-refractivity contribution in [3.8, 4) is 0 Å². The Morgan fingerprint density at radius 3 is 1.68 bits per heavy atom. The highest BCUT2D eigenvalue weighted by Gasteiger charge is 2.12. The van der Waals surface area contributed by atoms with Gasteiger partial charge >= 0.3 is 0 Å². The van der Waals surface area contributed by atoms with Gasteiger partial charge in [0.15, 0.2) is 0 Å². The first-order valence-corrected chi connectivity index (χ1v) is 9.13. The number of benzene rings is 3. The summed E-state index contributed by atoms with van der Waals surface area (Å²) in [4.78, 5) is 24.8. The third-order valence-electron chi connectivity index (χ3n) is 4.02. The lowest BCUT2D eigenvalue weighted by Gasteiger charge is -2.10. The number of nitrogen functional groups attached to an aromatic ring is 1. The van der Waals surface area contributed by atoms with Gasteiger partial charge in [-0.25, -0.2) is 0 Å². The normalized spacial score (nSPS) is 10.4. The van der Waals surface area contributed by atoms with E-state index in [9.17, 15) is 9.59 Å². The van der Waals surface area contributed by atoms with Crippen LogP contribution >= 0.6 is 23.2 Å². The quantitative estimate of drug-likeness (QED) is 0.501. The largest absolute Gasteiger partial charge is 0.399 e. The molecule has 0 aliphatic carbocycles. The maximum Gasteiger partial charge on any atom is 0.255 e. The van der Waals surface area contributed by atoms with Gasteiger partial charge in [0.2, 0.25) is 0 Å². The summed E-state index contributed by atoms with van der Waals surface area (Å²) in [6, 6.07) is 16.5. The van der Waals surface area contributed by atoms with Gasteiger partial charge in [0.05, 0.1) is 21.4 Å². The van der Waals surface area contributed by atoms with E-state index in [0.29, 0.717) is 38.2 Å². The van der Waals surface area contributed by atoms with Crippen molar-refractivity contribution >= 4 is 52.1 Å². The molecule has 3 aromatic carbocycles. The van der Waals surface area contributed by atoms with Crippen LogP contribution in [-0.4, -0.2) is 11.8 Å². The lowest BCUT2D eigenvalue weighted by molar-refractivity contribution is 0.101. The van der Waals surface area contributed by atoms with Gasteiger partial charge in [-0.15, -0.1) is 0 Å². The maximum atomic E-state index is 12.4. The molecular formula is C21H17Cl2N3O2. The SMILES string of the molecule is Cc1ccc(NC(=O)c2ccc(C(=O)Nc3ccc(N)cc3Cl)cc2)c(Cl)c1. The predicted molar refractivity (Wildman–Crippen MR) is 114 cm³/mol. The number of anilines is 3. The van der Waals surface area contributed by atoms with Gasteiger partial charge < -0.3 is 16.4 Å². The van der Waals surface area contributed by atoms with Gasteiger partial charge in [0.1, 0.15) is 0 Å². The Bertz CT molecular complexity index is 966. The minimum Gasteiger partial charge on any atom is -0.399 e. The highest BCUT2D eigenvalue weighted by Crippen LogP contribution is 2.25. The fourth-order valence-electron chi connectivity index (χ4n) is 2.52. The highest BCUT2D eigenvalue weighted by molar-refractivity contribution is 6.34. The molecular weight excluding hydrogens is 397 g/mol. The van der Waals surface area contributed by atoms with E-state index < -0.39 is 0 Å². The van der Waals surface area contributed by atoms with Crippen molar-refractivity contribution in [2.24, 2.45) is 0 Å². The van der Waals surface area contributed by atoms with Crippen molar-refractivity contribution in [2.45, 2.75) is 6.92 Å². The van der Waals surface area contributed by atoms with Crippen molar-refractivity contribution in [2.75, 3.05) is 16.4 Å². The molecule has 0 radical (unpaired) electrons. The number of hydrogen-bond acceptors (Lipinski definition) is 3. The zero-order valence-corrected chi connectivity index (χ0v) is 16.4. The van der Waals surface area contributed by atoms with Crippen molar-refractivity contribution in [1.29, 1.82) is 0 Å². The molecule has 0 heterocycles. The number of rotatable bonds is 4. The van der Waals surface area contributed by atoms with Crippen LogP contribution in [-0.2, 0) is 0 Å². The Kier molecular flexibility index (Phi) is 5.87. The highest BCUT2D eigenvalue weighted by atomic mass is 35.5. The Morgan fingerprint density at radius 2 is 1.21 bits per heavy atom. The number of halogens is 2. The number of hydrogen-bond donors (Lipinski definition) is 3. The monoisotopic (exact) mass is 413 g/mol. The van der Waals surface area contributed by atoms with Crippen molar-refractivity contribution < 1.29 is 9.59 Å². The first kappa shape index (κ1) is 19.7. The summed E-state index contributed by atoms with van der Waals surface area (Å²) in [6.07, 6.45) is 0. The number of nitrogens with one attached hydrogen (secondary N) is 2. The molecule has 3 aromatic rings. The molecule has 0 spiro atoms. The number of aryl methyl sites for hydroxylation is 1. The molecule has 0 bridgehead atoms. The van der Waals surface area contributed by atoms with Crippen LogP contribution in [0.3, 0.4) is 0 Å². The van der Waals surface area contributed by atoms with Crippen LogP contribution in [0.5, 0.6) is 0 Å². The third kappa shape index (κ3) is 4.63. The average Bonchev–Trinajstić information content (AvgIpc) is 2.66. The van der Waals surface area contributed by atoms with Crippen LogP contribution in [0, 0.1) is 6.92 Å². The van der Waals surface area contributed by atoms with Gasteiger partial charge in [0, 0.05) is 16.8 Å². The molecule has 7 heteroatoms. The Labute approximate surface area is 172 Å². The topological polar surface area (TPSA) is 84.2 Å². The lowest BCUT2D eigenvalue weighted by Crippen LogP contribution is -2.14. The fourth-order valence-corrected chi connectivity index (χ4v) is 3.03. The second-order valence-electron chi connectivity index (χ2n) is 6.21. The van der Waals surface area contributed by atoms with E-state index in [1.54, 1.807) is 54.6 Å². The molecule has 0 aliphatic heterocycles. The molecule has 3 rings (SSSR count). The van der Waals surface area contributed by atoms with E-state index in [0.717, 1.165) is 5.56 Å². The summed E-state index contributed by atoms with van der Waals surface area (Å²) in [6.45, 7) is 1.92. The standard InChI is InChI=1S/C21H17Cl2N3O2/c1-12-2-8-18(16(22)10-12)25-20(27)13-3-5-14(6-4-13)21(28)26-19-9-7-15(24)11-17(19)23/h2-11H,24H2,1H3,(H,25,27)(H,26,28). The van der Waals surface area contributed by atoms with Gasteiger partial charge in [-0.1, -0.05) is 29.3 Å². The smallest absolute Gasteiger partial charge is 0.255 e. The first-order chi connectivity index (χ1) is 13.3. The summed E-state index contributed by atoms with van der Waals surface area (Å²) in [7, 11) is 0. The van der Waals surface area contributed by atoms with Crippen molar-refractivity contribution in [3.63, 3.8) is 0 Å². The molecule has 4 N–H and O–H groups in total. The minimum absolute atomic E-state index is 0.320. The van der Waals surface area contributed by atoms with E-state index in [1.165, 1.54) is 0 Å². The zero-order chi connectivity index (χ0) is 20.3. The number of carbonyl (C=O) groups is 2. The van der Waals surface area contributed by atoms with Crippen LogP contribution in [0.4, 0.5) is 17.1 Å². The number of carbonyl (C=O) groups excluding carboxylic acids is 2. The van der Waals surface area contributed by atoms with Gasteiger partial charge in [0.25, 0.3) is 11.8 Å². The molecule has 0 atom stereocenters. The van der Waals surface area contributed by atoms with E-state index in [1.807, 2.05) is 13.0 Å². The van der Waals surface area contributed by atoms with Gasteiger partial charge in [-0.3, -0.25) is 9.59 Å². The van der Waals surface area contributed by atoms with E-state index in [-0.39, 0.29) is 11.8 Å². The molecule has 28 heavy (non-hydrogen) atoms. The molecule has 0 unspecified atom stereocenters. The van der Waals surface area contributed by atoms with Crippen LogP contribution in [0.2, 0.25) is 10.0 Å².